The van der Waals surface area contributed by atoms with E-state index in [0.29, 0.717) is 25.0 Å². The topological polar surface area (TPSA) is 46.5 Å². The van der Waals surface area contributed by atoms with Crippen LogP contribution in [0.25, 0.3) is 0 Å². The molecule has 0 bridgehead atoms. The third-order valence-corrected chi connectivity index (χ3v) is 3.82. The Balaban J connectivity index is 1.90. The Bertz CT molecular complexity index is 637. The summed E-state index contributed by atoms with van der Waals surface area (Å²) in [6, 6.07) is 13.5. The average molecular weight is 316 g/mol. The van der Waals surface area contributed by atoms with Crippen molar-refractivity contribution in [3.63, 3.8) is 0 Å². The second kappa shape index (κ2) is 8.32. The van der Waals surface area contributed by atoms with Crippen LogP contribution in [0.1, 0.15) is 36.8 Å². The minimum atomic E-state index is -0.898. The largest absolute Gasteiger partial charge is 0.493 e. The van der Waals surface area contributed by atoms with Crippen LogP contribution in [0.5, 0.6) is 5.75 Å². The molecule has 0 heterocycles. The van der Waals surface area contributed by atoms with Crippen LogP contribution in [0.4, 0.5) is 4.39 Å². The van der Waals surface area contributed by atoms with Crippen molar-refractivity contribution in [2.45, 2.75) is 32.1 Å². The summed E-state index contributed by atoms with van der Waals surface area (Å²) in [5.41, 5.74) is 1.76. The number of benzene rings is 2. The van der Waals surface area contributed by atoms with Gasteiger partial charge in [0.25, 0.3) is 0 Å². The Morgan fingerprint density at radius 3 is 2.52 bits per heavy atom. The number of aryl methyl sites for hydroxylation is 1. The molecule has 2 aromatic rings. The Morgan fingerprint density at radius 2 is 1.87 bits per heavy atom. The van der Waals surface area contributed by atoms with E-state index in [1.165, 1.54) is 24.3 Å². The molecule has 2 aromatic carbocycles. The molecular weight excluding hydrogens is 295 g/mol. The van der Waals surface area contributed by atoms with E-state index < -0.39 is 11.9 Å². The van der Waals surface area contributed by atoms with Crippen LogP contribution in [-0.2, 0) is 11.2 Å². The van der Waals surface area contributed by atoms with Crippen molar-refractivity contribution in [2.75, 3.05) is 6.61 Å². The number of halogens is 1. The zero-order valence-corrected chi connectivity index (χ0v) is 13.2. The summed E-state index contributed by atoms with van der Waals surface area (Å²) in [6.07, 6.45) is 1.96. The lowest BCUT2D eigenvalue weighted by Crippen LogP contribution is -2.13. The Labute approximate surface area is 135 Å². The van der Waals surface area contributed by atoms with Crippen molar-refractivity contribution in [3.8, 4) is 5.75 Å². The summed E-state index contributed by atoms with van der Waals surface area (Å²) in [4.78, 5) is 11.4. The first-order valence-corrected chi connectivity index (χ1v) is 7.80. The third-order valence-electron chi connectivity index (χ3n) is 3.82. The number of carboxylic acids is 1. The molecule has 1 unspecified atom stereocenters. The fourth-order valence-corrected chi connectivity index (χ4v) is 2.53. The number of carboxylic acid groups (broad SMARTS) is 1. The van der Waals surface area contributed by atoms with Crippen LogP contribution >= 0.6 is 0 Å². The molecule has 0 saturated heterocycles. The molecule has 0 aliphatic carbocycles. The minimum absolute atomic E-state index is 0.364. The lowest BCUT2D eigenvalue weighted by atomic mass is 9.94. The molecule has 0 aliphatic rings. The lowest BCUT2D eigenvalue weighted by molar-refractivity contribution is -0.139. The van der Waals surface area contributed by atoms with E-state index in [2.05, 4.69) is 6.92 Å². The average Bonchev–Trinajstić information content (AvgIpc) is 2.56. The Hall–Kier alpha value is -2.36. The van der Waals surface area contributed by atoms with Crippen molar-refractivity contribution in [1.82, 2.24) is 0 Å². The number of para-hydroxylation sites is 1. The van der Waals surface area contributed by atoms with Gasteiger partial charge in [0.2, 0.25) is 0 Å². The van der Waals surface area contributed by atoms with Gasteiger partial charge in [-0.15, -0.1) is 0 Å². The van der Waals surface area contributed by atoms with Crippen LogP contribution in [0.3, 0.4) is 0 Å². The monoisotopic (exact) mass is 316 g/mol. The van der Waals surface area contributed by atoms with Gasteiger partial charge in [-0.2, -0.15) is 0 Å². The molecule has 0 radical (unpaired) electrons. The number of rotatable bonds is 8. The van der Waals surface area contributed by atoms with E-state index in [0.717, 1.165) is 17.7 Å². The van der Waals surface area contributed by atoms with Crippen molar-refractivity contribution in [1.29, 1.82) is 0 Å². The first-order chi connectivity index (χ1) is 11.1. The summed E-state index contributed by atoms with van der Waals surface area (Å²) < 4.78 is 18.7. The molecule has 2 rings (SSSR count). The maximum Gasteiger partial charge on any atom is 0.310 e. The van der Waals surface area contributed by atoms with E-state index in [9.17, 15) is 14.3 Å². The van der Waals surface area contributed by atoms with Crippen LogP contribution in [0.15, 0.2) is 48.5 Å². The fraction of sp³-hybridized carbons (Fsp3) is 0.316. The van der Waals surface area contributed by atoms with Crippen molar-refractivity contribution < 1.29 is 19.0 Å². The second-order valence-corrected chi connectivity index (χ2v) is 5.39. The summed E-state index contributed by atoms with van der Waals surface area (Å²) in [5, 5.41) is 9.36. The van der Waals surface area contributed by atoms with Gasteiger partial charge in [0.15, 0.2) is 0 Å². The quantitative estimate of drug-likeness (QED) is 0.734. The highest BCUT2D eigenvalue weighted by atomic mass is 19.1. The highest BCUT2D eigenvalue weighted by molar-refractivity contribution is 5.75. The van der Waals surface area contributed by atoms with Crippen molar-refractivity contribution >= 4 is 5.97 Å². The zero-order valence-electron chi connectivity index (χ0n) is 13.2. The SMILES string of the molecule is CCc1ccccc1OCCCC(C(=O)O)c1ccc(F)cc1. The number of ether oxygens (including phenoxy) is 1. The zero-order chi connectivity index (χ0) is 16.7. The third kappa shape index (κ3) is 4.81. The smallest absolute Gasteiger partial charge is 0.310 e. The van der Waals surface area contributed by atoms with Crippen molar-refractivity contribution in [3.05, 3.63) is 65.5 Å². The van der Waals surface area contributed by atoms with Gasteiger partial charge in [0.05, 0.1) is 12.5 Å². The van der Waals surface area contributed by atoms with Crippen LogP contribution < -0.4 is 4.74 Å². The summed E-state index contributed by atoms with van der Waals surface area (Å²) in [7, 11) is 0. The molecule has 0 fully saturated rings. The number of hydrogen-bond acceptors (Lipinski definition) is 2. The van der Waals surface area contributed by atoms with Crippen molar-refractivity contribution in [2.24, 2.45) is 0 Å². The molecular formula is C19H21FO3. The number of carbonyl (C=O) groups is 1. The van der Waals surface area contributed by atoms with Gasteiger partial charge in [-0.05, 0) is 48.6 Å². The molecule has 122 valence electrons. The molecule has 0 aliphatic heterocycles. The second-order valence-electron chi connectivity index (χ2n) is 5.39. The highest BCUT2D eigenvalue weighted by Gasteiger charge is 2.19. The first-order valence-electron chi connectivity index (χ1n) is 7.80. The van der Waals surface area contributed by atoms with E-state index in [1.807, 2.05) is 24.3 Å². The molecule has 0 saturated carbocycles. The standard InChI is InChI=1S/C19H21FO3/c1-2-14-6-3-4-8-18(14)23-13-5-7-17(19(21)22)15-9-11-16(20)12-10-15/h3-4,6,8-12,17H,2,5,7,13H2,1H3,(H,21,22). The Kier molecular flexibility index (Phi) is 6.15. The maximum atomic E-state index is 12.9. The molecule has 0 spiro atoms. The van der Waals surface area contributed by atoms with E-state index in [-0.39, 0.29) is 5.82 Å². The molecule has 1 atom stereocenters. The normalized spacial score (nSPS) is 11.9. The van der Waals surface area contributed by atoms with E-state index in [1.54, 1.807) is 0 Å². The predicted molar refractivity (Wildman–Crippen MR) is 87.3 cm³/mol. The van der Waals surface area contributed by atoms with Gasteiger partial charge in [-0.3, -0.25) is 4.79 Å². The summed E-state index contributed by atoms with van der Waals surface area (Å²) >= 11 is 0. The summed E-state index contributed by atoms with van der Waals surface area (Å²) in [6.45, 7) is 2.53. The molecule has 1 N–H and O–H groups in total. The predicted octanol–water partition coefficient (Wildman–Crippen LogP) is 4.42. The molecule has 4 heteroatoms. The molecule has 3 nitrogen and oxygen atoms in total. The molecule has 23 heavy (non-hydrogen) atoms. The molecule has 0 aromatic heterocycles. The van der Waals surface area contributed by atoms with Crippen LogP contribution in [0, 0.1) is 5.82 Å². The lowest BCUT2D eigenvalue weighted by Gasteiger charge is -2.14. The molecule has 0 amide bonds. The van der Waals surface area contributed by atoms with Gasteiger partial charge >= 0.3 is 5.97 Å². The Morgan fingerprint density at radius 1 is 1.17 bits per heavy atom. The van der Waals surface area contributed by atoms with E-state index >= 15 is 0 Å². The number of aliphatic carboxylic acids is 1. The fourth-order valence-electron chi connectivity index (χ4n) is 2.53. The van der Waals surface area contributed by atoms with E-state index in [4.69, 9.17) is 4.74 Å². The van der Waals surface area contributed by atoms with Crippen LogP contribution in [-0.4, -0.2) is 17.7 Å². The minimum Gasteiger partial charge on any atom is -0.493 e. The number of hydrogen-bond donors (Lipinski definition) is 1. The highest BCUT2D eigenvalue weighted by Crippen LogP contribution is 2.23. The van der Waals surface area contributed by atoms with Gasteiger partial charge in [0.1, 0.15) is 11.6 Å². The first kappa shape index (κ1) is 17.0. The van der Waals surface area contributed by atoms with Gasteiger partial charge in [0, 0.05) is 0 Å². The van der Waals surface area contributed by atoms with Crippen LogP contribution in [0.2, 0.25) is 0 Å². The van der Waals surface area contributed by atoms with Gasteiger partial charge in [-0.1, -0.05) is 37.3 Å². The van der Waals surface area contributed by atoms with Gasteiger partial charge in [-0.25, -0.2) is 4.39 Å². The maximum absolute atomic E-state index is 12.9. The van der Waals surface area contributed by atoms with Gasteiger partial charge < -0.3 is 9.84 Å². The summed E-state index contributed by atoms with van der Waals surface area (Å²) in [5.74, 6) is -1.05.